The predicted octanol–water partition coefficient (Wildman–Crippen LogP) is 6.30. The Balaban J connectivity index is 4.92. The molecule has 0 heteroatoms. The minimum absolute atomic E-state index is 0.517. The summed E-state index contributed by atoms with van der Waals surface area (Å²) in [6.45, 7) is 19.3. The monoisotopic (exact) mass is 240 g/mol. The fraction of sp³-hybridized carbons (Fsp3) is 1.00. The van der Waals surface area contributed by atoms with Crippen LogP contribution in [0.4, 0.5) is 0 Å². The first-order valence-corrected chi connectivity index (χ1v) is 7.72. The molecule has 0 fully saturated rings. The minimum Gasteiger partial charge on any atom is -0.0654 e. The second-order valence-electron chi connectivity index (χ2n) is 7.29. The lowest BCUT2D eigenvalue weighted by atomic mass is 9.61. The van der Waals surface area contributed by atoms with Gasteiger partial charge in [0.05, 0.1) is 0 Å². The molecule has 0 aromatic carbocycles. The van der Waals surface area contributed by atoms with E-state index in [1.165, 1.54) is 32.1 Å². The van der Waals surface area contributed by atoms with Crippen molar-refractivity contribution in [2.45, 2.75) is 87.5 Å². The van der Waals surface area contributed by atoms with E-state index >= 15 is 0 Å². The lowest BCUT2D eigenvalue weighted by Gasteiger charge is -2.45. The van der Waals surface area contributed by atoms with E-state index in [1.54, 1.807) is 0 Å². The normalized spacial score (nSPS) is 19.4. The van der Waals surface area contributed by atoms with Crippen molar-refractivity contribution in [3.05, 3.63) is 0 Å². The summed E-state index contributed by atoms with van der Waals surface area (Å²) < 4.78 is 0. The highest BCUT2D eigenvalue weighted by Crippen LogP contribution is 2.48. The number of hydrogen-bond donors (Lipinski definition) is 0. The van der Waals surface area contributed by atoms with Crippen LogP contribution in [-0.4, -0.2) is 0 Å². The molecule has 0 aliphatic carbocycles. The molecule has 17 heavy (non-hydrogen) atoms. The van der Waals surface area contributed by atoms with Gasteiger partial charge in [0.15, 0.2) is 0 Å². The van der Waals surface area contributed by atoms with E-state index in [1.807, 2.05) is 0 Å². The van der Waals surface area contributed by atoms with Gasteiger partial charge in [-0.2, -0.15) is 0 Å². The lowest BCUT2D eigenvalue weighted by Crippen LogP contribution is -2.35. The Morgan fingerprint density at radius 1 is 0.706 bits per heavy atom. The quantitative estimate of drug-likeness (QED) is 0.467. The Morgan fingerprint density at radius 3 is 1.18 bits per heavy atom. The summed E-state index contributed by atoms with van der Waals surface area (Å²) in [5.74, 6) is 1.58. The van der Waals surface area contributed by atoms with Crippen LogP contribution in [0, 0.1) is 22.7 Å². The highest BCUT2D eigenvalue weighted by Gasteiger charge is 2.38. The van der Waals surface area contributed by atoms with Gasteiger partial charge in [0, 0.05) is 0 Å². The summed E-state index contributed by atoms with van der Waals surface area (Å²) in [4.78, 5) is 0. The Kier molecular flexibility index (Phi) is 6.81. The first-order valence-electron chi connectivity index (χ1n) is 7.72. The van der Waals surface area contributed by atoms with Gasteiger partial charge in [0.2, 0.25) is 0 Å². The largest absolute Gasteiger partial charge is 0.0654 e. The van der Waals surface area contributed by atoms with Crippen LogP contribution in [0.1, 0.15) is 87.5 Å². The molecule has 0 nitrogen and oxygen atoms in total. The molecule has 0 aliphatic heterocycles. The molecule has 0 amide bonds. The minimum atomic E-state index is 0.517. The zero-order valence-electron chi connectivity index (χ0n) is 13.7. The molecule has 2 atom stereocenters. The number of rotatable bonds is 8. The van der Waals surface area contributed by atoms with Crippen molar-refractivity contribution >= 4 is 0 Å². The zero-order valence-corrected chi connectivity index (χ0v) is 13.7. The summed E-state index contributed by atoms with van der Waals surface area (Å²) in [5, 5.41) is 0. The SMILES string of the molecule is CCCC(C)(CC(C)(CCC)C(C)C)C(C)C. The topological polar surface area (TPSA) is 0 Å². The summed E-state index contributed by atoms with van der Waals surface area (Å²) in [7, 11) is 0. The maximum absolute atomic E-state index is 2.51. The third kappa shape index (κ3) is 4.64. The Morgan fingerprint density at radius 2 is 1.00 bits per heavy atom. The van der Waals surface area contributed by atoms with E-state index in [9.17, 15) is 0 Å². The molecule has 0 rings (SSSR count). The van der Waals surface area contributed by atoms with Gasteiger partial charge in [-0.05, 0) is 41.9 Å². The fourth-order valence-electron chi connectivity index (χ4n) is 3.23. The van der Waals surface area contributed by atoms with Crippen LogP contribution in [0.3, 0.4) is 0 Å². The van der Waals surface area contributed by atoms with E-state index < -0.39 is 0 Å². The maximum Gasteiger partial charge on any atom is -0.0298 e. The molecular weight excluding hydrogens is 204 g/mol. The first kappa shape index (κ1) is 17.0. The van der Waals surface area contributed by atoms with E-state index in [-0.39, 0.29) is 0 Å². The second-order valence-corrected chi connectivity index (χ2v) is 7.29. The third-order valence-electron chi connectivity index (χ3n) is 5.24. The van der Waals surface area contributed by atoms with E-state index in [0.29, 0.717) is 10.8 Å². The van der Waals surface area contributed by atoms with Crippen LogP contribution >= 0.6 is 0 Å². The van der Waals surface area contributed by atoms with Gasteiger partial charge in [-0.1, -0.05) is 68.2 Å². The van der Waals surface area contributed by atoms with Crippen LogP contribution in [-0.2, 0) is 0 Å². The van der Waals surface area contributed by atoms with Gasteiger partial charge in [-0.15, -0.1) is 0 Å². The Labute approximate surface area is 111 Å². The molecule has 0 aromatic heterocycles. The van der Waals surface area contributed by atoms with Crippen molar-refractivity contribution in [1.29, 1.82) is 0 Å². The summed E-state index contributed by atoms with van der Waals surface area (Å²) in [6, 6.07) is 0. The van der Waals surface area contributed by atoms with Gasteiger partial charge >= 0.3 is 0 Å². The second kappa shape index (κ2) is 6.81. The number of hydrogen-bond acceptors (Lipinski definition) is 0. The highest BCUT2D eigenvalue weighted by molar-refractivity contribution is 4.88. The van der Waals surface area contributed by atoms with Crippen molar-refractivity contribution in [3.63, 3.8) is 0 Å². The van der Waals surface area contributed by atoms with Crippen LogP contribution < -0.4 is 0 Å². The van der Waals surface area contributed by atoms with Crippen LogP contribution in [0.15, 0.2) is 0 Å². The molecule has 0 bridgehead atoms. The van der Waals surface area contributed by atoms with Crippen LogP contribution in [0.25, 0.3) is 0 Å². The predicted molar refractivity (Wildman–Crippen MR) is 80.3 cm³/mol. The average molecular weight is 240 g/mol. The molecule has 0 heterocycles. The van der Waals surface area contributed by atoms with Crippen molar-refractivity contribution in [2.75, 3.05) is 0 Å². The van der Waals surface area contributed by atoms with Gasteiger partial charge in [-0.25, -0.2) is 0 Å². The van der Waals surface area contributed by atoms with Crippen LogP contribution in [0.5, 0.6) is 0 Å². The standard InChI is InChI=1S/C17H36/c1-9-11-16(7,14(3)4)13-17(8,12-10-2)15(5)6/h14-15H,9-13H2,1-8H3. The average Bonchev–Trinajstić information content (AvgIpc) is 2.17. The van der Waals surface area contributed by atoms with Gasteiger partial charge in [0.1, 0.15) is 0 Å². The molecule has 0 N–H and O–H groups in total. The highest BCUT2D eigenvalue weighted by atomic mass is 14.4. The molecule has 0 radical (unpaired) electrons. The van der Waals surface area contributed by atoms with Gasteiger partial charge in [0.25, 0.3) is 0 Å². The zero-order chi connectivity index (χ0) is 13.7. The van der Waals surface area contributed by atoms with E-state index in [2.05, 4.69) is 55.4 Å². The third-order valence-corrected chi connectivity index (χ3v) is 5.24. The van der Waals surface area contributed by atoms with Crippen LogP contribution in [0.2, 0.25) is 0 Å². The lowest BCUT2D eigenvalue weighted by molar-refractivity contribution is 0.0569. The molecule has 0 saturated carbocycles. The Bertz CT molecular complexity index is 182. The molecule has 0 aromatic rings. The Hall–Kier alpha value is 0. The van der Waals surface area contributed by atoms with E-state index in [4.69, 9.17) is 0 Å². The summed E-state index contributed by atoms with van der Waals surface area (Å²) >= 11 is 0. The van der Waals surface area contributed by atoms with Crippen molar-refractivity contribution < 1.29 is 0 Å². The van der Waals surface area contributed by atoms with Gasteiger partial charge < -0.3 is 0 Å². The van der Waals surface area contributed by atoms with Crippen molar-refractivity contribution in [2.24, 2.45) is 22.7 Å². The molecular formula is C17H36. The maximum atomic E-state index is 2.51. The summed E-state index contributed by atoms with van der Waals surface area (Å²) in [6.07, 6.45) is 6.76. The molecule has 2 unspecified atom stereocenters. The smallest absolute Gasteiger partial charge is 0.0298 e. The van der Waals surface area contributed by atoms with Crippen molar-refractivity contribution in [1.82, 2.24) is 0 Å². The molecule has 104 valence electrons. The molecule has 0 aliphatic rings. The fourth-order valence-corrected chi connectivity index (χ4v) is 3.23. The molecule has 0 saturated heterocycles. The first-order chi connectivity index (χ1) is 7.72. The molecule has 0 spiro atoms. The van der Waals surface area contributed by atoms with E-state index in [0.717, 1.165) is 11.8 Å². The summed E-state index contributed by atoms with van der Waals surface area (Å²) in [5.41, 5.74) is 1.03. The van der Waals surface area contributed by atoms with Gasteiger partial charge in [-0.3, -0.25) is 0 Å². The van der Waals surface area contributed by atoms with Crippen molar-refractivity contribution in [3.8, 4) is 0 Å².